The molecule has 0 N–H and O–H groups in total. The second-order valence-corrected chi connectivity index (χ2v) is 12.3. The lowest BCUT2D eigenvalue weighted by atomic mass is 9.95. The molecular formula is C22H26F3N5O3S2. The second-order valence-electron chi connectivity index (χ2n) is 9.29. The predicted molar refractivity (Wildman–Crippen MR) is 127 cm³/mol. The summed E-state index contributed by atoms with van der Waals surface area (Å²) in [5.41, 5.74) is -1.22. The topological polar surface area (TPSA) is 100 Å². The summed E-state index contributed by atoms with van der Waals surface area (Å²) in [7, 11) is -1.95. The van der Waals surface area contributed by atoms with E-state index in [1.165, 1.54) is 22.8 Å². The minimum absolute atomic E-state index is 0.0468. The highest BCUT2D eigenvalue weighted by molar-refractivity contribution is 7.88. The molecule has 0 amide bonds. The molecule has 1 aliphatic heterocycles. The van der Waals surface area contributed by atoms with E-state index < -0.39 is 21.8 Å². The lowest BCUT2D eigenvalue weighted by Crippen LogP contribution is -2.51. The number of thiazole rings is 1. The lowest BCUT2D eigenvalue weighted by molar-refractivity contribution is -0.137. The highest BCUT2D eigenvalue weighted by atomic mass is 32.2. The van der Waals surface area contributed by atoms with Crippen LogP contribution in [-0.4, -0.2) is 49.6 Å². The standard InChI is InChI=1S/C22H26F3N5O3S2/c1-21(2,3)18-12-29(9-14-10-30(11-14)35(5,31)32)20(34-18)28-19(27-13-26)16-8-15(22(23,24)25)6-7-17(16)33-4/h6-8,12,14H,9-11H2,1-5H3/b27-19+,28-20-. The summed E-state index contributed by atoms with van der Waals surface area (Å²) in [5.74, 6) is -0.0684. The van der Waals surface area contributed by atoms with Gasteiger partial charge in [0.05, 0.1) is 24.5 Å². The summed E-state index contributed by atoms with van der Waals surface area (Å²) in [4.78, 5) is 9.59. The van der Waals surface area contributed by atoms with Crippen LogP contribution in [0.1, 0.15) is 36.8 Å². The van der Waals surface area contributed by atoms with Crippen LogP contribution in [0.4, 0.5) is 13.2 Å². The van der Waals surface area contributed by atoms with Gasteiger partial charge >= 0.3 is 6.18 Å². The summed E-state index contributed by atoms with van der Waals surface area (Å²) in [6, 6.07) is 2.91. The third-order valence-electron chi connectivity index (χ3n) is 5.43. The van der Waals surface area contributed by atoms with Gasteiger partial charge in [0.15, 0.2) is 10.6 Å². The number of nitrogens with zero attached hydrogens (tertiary/aromatic N) is 5. The quantitative estimate of drug-likeness (QED) is 0.336. The van der Waals surface area contributed by atoms with Crippen molar-refractivity contribution in [2.45, 2.75) is 38.9 Å². The van der Waals surface area contributed by atoms with E-state index in [1.807, 2.05) is 31.5 Å². The number of aromatic nitrogens is 1. The van der Waals surface area contributed by atoms with Crippen LogP contribution in [0, 0.1) is 17.4 Å². The maximum Gasteiger partial charge on any atom is 0.416 e. The van der Waals surface area contributed by atoms with Crippen molar-refractivity contribution in [3.63, 3.8) is 0 Å². The van der Waals surface area contributed by atoms with Gasteiger partial charge in [-0.15, -0.1) is 11.3 Å². The maximum atomic E-state index is 13.4. The van der Waals surface area contributed by atoms with E-state index in [9.17, 15) is 26.9 Å². The number of nitriles is 1. The minimum Gasteiger partial charge on any atom is -0.496 e. The molecule has 0 atom stereocenters. The Labute approximate surface area is 206 Å². The number of alkyl halides is 3. The first kappa shape index (κ1) is 26.9. The number of aliphatic imine (C=N–C) groups is 1. The number of amidine groups is 1. The Morgan fingerprint density at radius 3 is 2.46 bits per heavy atom. The van der Waals surface area contributed by atoms with Gasteiger partial charge in [0, 0.05) is 36.6 Å². The fourth-order valence-electron chi connectivity index (χ4n) is 3.47. The molecule has 2 heterocycles. The normalized spacial score (nSPS) is 16.8. The first-order chi connectivity index (χ1) is 16.1. The average Bonchev–Trinajstić information content (AvgIpc) is 3.11. The molecule has 35 heavy (non-hydrogen) atoms. The molecule has 0 spiro atoms. The lowest BCUT2D eigenvalue weighted by Gasteiger charge is -2.37. The summed E-state index contributed by atoms with van der Waals surface area (Å²) in [6.45, 7) is 7.24. The Morgan fingerprint density at radius 2 is 1.94 bits per heavy atom. The number of halogens is 3. The molecule has 2 aromatic rings. The van der Waals surface area contributed by atoms with Gasteiger partial charge in [-0.25, -0.2) is 12.7 Å². The Bertz CT molecular complexity index is 1340. The first-order valence-corrected chi connectivity index (χ1v) is 13.2. The number of ether oxygens (including phenoxy) is 1. The zero-order valence-electron chi connectivity index (χ0n) is 19.9. The van der Waals surface area contributed by atoms with Gasteiger partial charge in [-0.1, -0.05) is 20.8 Å². The molecule has 13 heteroatoms. The van der Waals surface area contributed by atoms with Gasteiger partial charge in [0.1, 0.15) is 5.75 Å². The van der Waals surface area contributed by atoms with E-state index in [0.29, 0.717) is 24.4 Å². The Hall–Kier alpha value is -2.69. The summed E-state index contributed by atoms with van der Waals surface area (Å²) >= 11 is 1.33. The minimum atomic E-state index is -4.60. The highest BCUT2D eigenvalue weighted by Crippen LogP contribution is 2.33. The molecule has 3 rings (SSSR count). The largest absolute Gasteiger partial charge is 0.496 e. The zero-order valence-corrected chi connectivity index (χ0v) is 21.6. The van der Waals surface area contributed by atoms with Crippen LogP contribution in [0.5, 0.6) is 5.75 Å². The fraction of sp³-hybridized carbons (Fsp3) is 0.500. The molecule has 0 unspecified atom stereocenters. The Kier molecular flexibility index (Phi) is 7.50. The fourth-order valence-corrected chi connectivity index (χ4v) is 5.50. The molecule has 0 aliphatic carbocycles. The number of rotatable bonds is 5. The third-order valence-corrected chi connectivity index (χ3v) is 8.11. The summed E-state index contributed by atoms with van der Waals surface area (Å²) in [5, 5.41) is 9.24. The Balaban J connectivity index is 2.10. The number of hydrogen-bond donors (Lipinski definition) is 0. The van der Waals surface area contributed by atoms with E-state index in [1.54, 1.807) is 6.19 Å². The van der Waals surface area contributed by atoms with Crippen LogP contribution in [0.2, 0.25) is 0 Å². The van der Waals surface area contributed by atoms with Crippen molar-refractivity contribution >= 4 is 27.2 Å². The molecule has 0 bridgehead atoms. The molecular weight excluding hydrogens is 503 g/mol. The molecule has 1 saturated heterocycles. The van der Waals surface area contributed by atoms with Gasteiger partial charge < -0.3 is 9.30 Å². The van der Waals surface area contributed by atoms with Crippen LogP contribution < -0.4 is 9.54 Å². The zero-order chi connectivity index (χ0) is 26.2. The molecule has 1 aromatic heterocycles. The van der Waals surface area contributed by atoms with Gasteiger partial charge in [0.25, 0.3) is 0 Å². The van der Waals surface area contributed by atoms with Crippen molar-refractivity contribution in [3.05, 3.63) is 45.2 Å². The summed E-state index contributed by atoms with van der Waals surface area (Å²) < 4.78 is 71.9. The van der Waals surface area contributed by atoms with Gasteiger partial charge in [-0.2, -0.15) is 28.4 Å². The smallest absolute Gasteiger partial charge is 0.416 e. The predicted octanol–water partition coefficient (Wildman–Crippen LogP) is 3.59. The molecule has 0 radical (unpaired) electrons. The SMILES string of the molecule is COc1ccc(C(F)(F)F)cc1C(/N=c1\sc(C(C)(C)C)cn1CC1CN(S(C)(=O)=O)C1)=N\C#N. The van der Waals surface area contributed by atoms with Crippen LogP contribution >= 0.6 is 11.3 Å². The van der Waals surface area contributed by atoms with E-state index in [4.69, 9.17) is 4.74 Å². The van der Waals surface area contributed by atoms with Crippen molar-refractivity contribution in [2.75, 3.05) is 26.5 Å². The Morgan fingerprint density at radius 1 is 1.29 bits per heavy atom. The molecule has 0 saturated carbocycles. The van der Waals surface area contributed by atoms with Crippen LogP contribution in [0.25, 0.3) is 0 Å². The van der Waals surface area contributed by atoms with E-state index in [-0.39, 0.29) is 28.5 Å². The van der Waals surface area contributed by atoms with Crippen LogP contribution in [0.15, 0.2) is 34.4 Å². The van der Waals surface area contributed by atoms with E-state index in [2.05, 4.69) is 9.98 Å². The number of sulfonamides is 1. The molecule has 1 fully saturated rings. The van der Waals surface area contributed by atoms with Crippen LogP contribution in [0.3, 0.4) is 0 Å². The number of methoxy groups -OCH3 is 1. The average molecular weight is 530 g/mol. The maximum absolute atomic E-state index is 13.4. The van der Waals surface area contributed by atoms with E-state index >= 15 is 0 Å². The van der Waals surface area contributed by atoms with Gasteiger partial charge in [0.2, 0.25) is 16.2 Å². The van der Waals surface area contributed by atoms with Gasteiger partial charge in [-0.05, 0) is 23.6 Å². The molecule has 1 aliphatic rings. The molecule has 190 valence electrons. The molecule has 1 aromatic carbocycles. The van der Waals surface area contributed by atoms with Gasteiger partial charge in [-0.3, -0.25) is 0 Å². The number of benzene rings is 1. The highest BCUT2D eigenvalue weighted by Gasteiger charge is 2.34. The molecule has 8 nitrogen and oxygen atoms in total. The van der Waals surface area contributed by atoms with Crippen molar-refractivity contribution in [1.29, 1.82) is 5.26 Å². The third kappa shape index (κ3) is 6.31. The van der Waals surface area contributed by atoms with E-state index in [0.717, 1.165) is 29.3 Å². The van der Waals surface area contributed by atoms with Crippen molar-refractivity contribution in [1.82, 2.24) is 8.87 Å². The summed E-state index contributed by atoms with van der Waals surface area (Å²) in [6.07, 6.45) is 0.0790. The van der Waals surface area contributed by atoms with Crippen molar-refractivity contribution in [2.24, 2.45) is 15.9 Å². The first-order valence-electron chi connectivity index (χ1n) is 10.6. The second kappa shape index (κ2) is 9.75. The number of hydrogen-bond acceptors (Lipinski definition) is 6. The van der Waals surface area contributed by atoms with Crippen LogP contribution in [-0.2, 0) is 28.2 Å². The van der Waals surface area contributed by atoms with Crippen molar-refractivity contribution in [3.8, 4) is 11.9 Å². The van der Waals surface area contributed by atoms with Crippen molar-refractivity contribution < 1.29 is 26.3 Å². The monoisotopic (exact) mass is 529 g/mol.